The Morgan fingerprint density at radius 1 is 0.632 bits per heavy atom. The van der Waals surface area contributed by atoms with Gasteiger partial charge in [0.15, 0.2) is 0 Å². The number of rotatable bonds is 1. The molecule has 2 aromatic rings. The van der Waals surface area contributed by atoms with Gasteiger partial charge >= 0.3 is 0 Å². The molecule has 0 aliphatic carbocycles. The van der Waals surface area contributed by atoms with Crippen molar-refractivity contribution in [3.8, 4) is 16.9 Å². The van der Waals surface area contributed by atoms with Gasteiger partial charge in [-0.3, -0.25) is 0 Å². The smallest absolute Gasteiger partial charge is 0.136 e. The average Bonchev–Trinajstić information content (AvgIpc) is 2.37. The molecule has 0 aliphatic rings. The van der Waals surface area contributed by atoms with Crippen LogP contribution in [0.25, 0.3) is 11.1 Å². The highest BCUT2D eigenvalue weighted by Crippen LogP contribution is 2.44. The first-order valence-corrected chi connectivity index (χ1v) is 7.11. The standard InChI is InChI=1S/C12H4Cl6O/c13-6-1-4(2-8(19)10(6)16)5-3-7(14)11(17)12(18)9(5)15/h1-3,19H. The van der Waals surface area contributed by atoms with Crippen molar-refractivity contribution in [2.24, 2.45) is 0 Å². The summed E-state index contributed by atoms with van der Waals surface area (Å²) < 4.78 is 0. The Hall–Kier alpha value is -0.0200. The van der Waals surface area contributed by atoms with E-state index >= 15 is 0 Å². The van der Waals surface area contributed by atoms with Gasteiger partial charge in [-0.1, -0.05) is 69.6 Å². The van der Waals surface area contributed by atoms with Crippen LogP contribution in [0, 0.1) is 0 Å². The lowest BCUT2D eigenvalue weighted by atomic mass is 10.1. The van der Waals surface area contributed by atoms with Gasteiger partial charge in [0.05, 0.1) is 25.1 Å². The summed E-state index contributed by atoms with van der Waals surface area (Å²) in [5.41, 5.74) is 1.02. The van der Waals surface area contributed by atoms with E-state index in [2.05, 4.69) is 0 Å². The van der Waals surface area contributed by atoms with E-state index in [9.17, 15) is 5.11 Å². The highest BCUT2D eigenvalue weighted by molar-refractivity contribution is 6.52. The Balaban J connectivity index is 2.73. The highest BCUT2D eigenvalue weighted by atomic mass is 35.5. The van der Waals surface area contributed by atoms with Gasteiger partial charge in [-0.15, -0.1) is 0 Å². The minimum absolute atomic E-state index is 0.0627. The summed E-state index contributed by atoms with van der Waals surface area (Å²) in [6.45, 7) is 0. The van der Waals surface area contributed by atoms with Crippen molar-refractivity contribution in [2.75, 3.05) is 0 Å². The van der Waals surface area contributed by atoms with E-state index in [-0.39, 0.29) is 35.9 Å². The third kappa shape index (κ3) is 2.87. The van der Waals surface area contributed by atoms with E-state index < -0.39 is 0 Å². The van der Waals surface area contributed by atoms with Gasteiger partial charge in [-0.25, -0.2) is 0 Å². The quantitative estimate of drug-likeness (QED) is 0.420. The number of hydrogen-bond donors (Lipinski definition) is 1. The van der Waals surface area contributed by atoms with Gasteiger partial charge in [-0.05, 0) is 23.8 Å². The molecule has 1 nitrogen and oxygen atoms in total. The second-order valence-electron chi connectivity index (χ2n) is 3.64. The molecule has 100 valence electrons. The Kier molecular flexibility index (Phi) is 4.67. The molecule has 0 aliphatic heterocycles. The summed E-state index contributed by atoms with van der Waals surface area (Å²) in [7, 11) is 0. The zero-order valence-electron chi connectivity index (χ0n) is 8.95. The molecule has 0 heterocycles. The molecule has 0 saturated carbocycles. The fraction of sp³-hybridized carbons (Fsp3) is 0. The zero-order valence-corrected chi connectivity index (χ0v) is 13.5. The van der Waals surface area contributed by atoms with Crippen molar-refractivity contribution in [3.63, 3.8) is 0 Å². The molecular weight excluding hydrogens is 373 g/mol. The molecule has 0 bridgehead atoms. The zero-order chi connectivity index (χ0) is 14.3. The van der Waals surface area contributed by atoms with Crippen LogP contribution in [0.2, 0.25) is 30.1 Å². The van der Waals surface area contributed by atoms with Crippen LogP contribution >= 0.6 is 69.6 Å². The summed E-state index contributed by atoms with van der Waals surface area (Å²) in [4.78, 5) is 0. The van der Waals surface area contributed by atoms with Crippen LogP contribution in [0.15, 0.2) is 18.2 Å². The lowest BCUT2D eigenvalue weighted by Gasteiger charge is -2.11. The van der Waals surface area contributed by atoms with Crippen molar-refractivity contribution in [3.05, 3.63) is 48.3 Å². The van der Waals surface area contributed by atoms with Gasteiger partial charge in [0.2, 0.25) is 0 Å². The maximum absolute atomic E-state index is 9.67. The molecule has 0 unspecified atom stereocenters. The van der Waals surface area contributed by atoms with Crippen molar-refractivity contribution in [2.45, 2.75) is 0 Å². The van der Waals surface area contributed by atoms with Crippen molar-refractivity contribution < 1.29 is 5.11 Å². The van der Waals surface area contributed by atoms with Gasteiger partial charge in [0.1, 0.15) is 10.8 Å². The molecule has 0 amide bonds. The average molecular weight is 377 g/mol. The monoisotopic (exact) mass is 374 g/mol. The van der Waals surface area contributed by atoms with Gasteiger partial charge in [0, 0.05) is 5.56 Å². The Labute approximate surface area is 139 Å². The molecule has 0 spiro atoms. The number of halogens is 6. The van der Waals surface area contributed by atoms with E-state index in [0.29, 0.717) is 11.1 Å². The minimum Gasteiger partial charge on any atom is -0.506 e. The van der Waals surface area contributed by atoms with Crippen LogP contribution < -0.4 is 0 Å². The number of aromatic hydroxyl groups is 1. The first kappa shape index (κ1) is 15.4. The van der Waals surface area contributed by atoms with Crippen LogP contribution in [0.4, 0.5) is 0 Å². The number of phenolic OH excluding ortho intramolecular Hbond substituents is 1. The van der Waals surface area contributed by atoms with Crippen LogP contribution in [0.5, 0.6) is 5.75 Å². The predicted octanol–water partition coefficient (Wildman–Crippen LogP) is 6.98. The first-order chi connectivity index (χ1) is 8.82. The third-order valence-corrected chi connectivity index (χ3v) is 4.97. The van der Waals surface area contributed by atoms with Crippen LogP contribution in [0.1, 0.15) is 0 Å². The second-order valence-corrected chi connectivity index (χ2v) is 5.97. The fourth-order valence-electron chi connectivity index (χ4n) is 1.51. The first-order valence-electron chi connectivity index (χ1n) is 4.84. The van der Waals surface area contributed by atoms with Gasteiger partial charge < -0.3 is 5.11 Å². The lowest BCUT2D eigenvalue weighted by molar-refractivity contribution is 0.476. The Morgan fingerprint density at radius 2 is 1.21 bits per heavy atom. The summed E-state index contributed by atoms with van der Waals surface area (Å²) in [5.74, 6) is -0.164. The molecule has 0 aromatic heterocycles. The van der Waals surface area contributed by atoms with Gasteiger partial charge in [-0.2, -0.15) is 0 Å². The molecular formula is C12H4Cl6O. The Bertz CT molecular complexity index is 645. The SMILES string of the molecule is Oc1cc(-c2cc(Cl)c(Cl)c(Cl)c2Cl)cc(Cl)c1Cl. The minimum atomic E-state index is -0.164. The number of phenols is 1. The molecule has 0 atom stereocenters. The van der Waals surface area contributed by atoms with Crippen LogP contribution in [-0.4, -0.2) is 5.11 Å². The molecule has 0 fully saturated rings. The Morgan fingerprint density at radius 3 is 1.79 bits per heavy atom. The number of hydrogen-bond acceptors (Lipinski definition) is 1. The molecule has 0 saturated heterocycles. The molecule has 2 rings (SSSR count). The molecule has 1 N–H and O–H groups in total. The molecule has 0 radical (unpaired) electrons. The van der Waals surface area contributed by atoms with E-state index in [4.69, 9.17) is 69.6 Å². The van der Waals surface area contributed by atoms with Gasteiger partial charge in [0.25, 0.3) is 0 Å². The normalized spacial score (nSPS) is 10.8. The molecule has 19 heavy (non-hydrogen) atoms. The van der Waals surface area contributed by atoms with E-state index in [1.54, 1.807) is 6.07 Å². The summed E-state index contributed by atoms with van der Waals surface area (Å²) in [6, 6.07) is 4.50. The summed E-state index contributed by atoms with van der Waals surface area (Å²) >= 11 is 35.6. The van der Waals surface area contributed by atoms with Crippen molar-refractivity contribution in [1.29, 1.82) is 0 Å². The van der Waals surface area contributed by atoms with E-state index in [1.807, 2.05) is 0 Å². The largest absolute Gasteiger partial charge is 0.506 e. The highest BCUT2D eigenvalue weighted by Gasteiger charge is 2.16. The molecule has 2 aromatic carbocycles. The second kappa shape index (κ2) is 5.77. The van der Waals surface area contributed by atoms with Crippen LogP contribution in [0.3, 0.4) is 0 Å². The van der Waals surface area contributed by atoms with Crippen molar-refractivity contribution in [1.82, 2.24) is 0 Å². The van der Waals surface area contributed by atoms with Crippen LogP contribution in [-0.2, 0) is 0 Å². The summed E-state index contributed by atoms with van der Waals surface area (Å²) in [6.07, 6.45) is 0. The lowest BCUT2D eigenvalue weighted by Crippen LogP contribution is -1.85. The maximum Gasteiger partial charge on any atom is 0.136 e. The molecule has 7 heteroatoms. The van der Waals surface area contributed by atoms with E-state index in [1.165, 1.54) is 12.1 Å². The summed E-state index contributed by atoms with van der Waals surface area (Å²) in [5, 5.41) is 10.7. The van der Waals surface area contributed by atoms with E-state index in [0.717, 1.165) is 0 Å². The fourth-order valence-corrected chi connectivity index (χ4v) is 2.75. The number of benzene rings is 2. The predicted molar refractivity (Wildman–Crippen MR) is 83.6 cm³/mol. The maximum atomic E-state index is 9.67. The topological polar surface area (TPSA) is 20.2 Å². The van der Waals surface area contributed by atoms with Crippen molar-refractivity contribution >= 4 is 69.6 Å². The third-order valence-electron chi connectivity index (χ3n) is 2.42.